The van der Waals surface area contributed by atoms with Crippen LogP contribution >= 0.6 is 0 Å². The second kappa shape index (κ2) is 6.55. The largest absolute Gasteiger partial charge is 0.312 e. The molecular formula is C18H37N3. The molecule has 2 atom stereocenters. The van der Waals surface area contributed by atoms with E-state index in [1.54, 1.807) is 0 Å². The van der Waals surface area contributed by atoms with Crippen molar-refractivity contribution in [3.8, 4) is 0 Å². The van der Waals surface area contributed by atoms with Crippen LogP contribution in [0.15, 0.2) is 0 Å². The normalized spacial score (nSPS) is 30.9. The van der Waals surface area contributed by atoms with Crippen molar-refractivity contribution in [1.82, 2.24) is 15.1 Å². The molecule has 2 aliphatic carbocycles. The highest BCUT2D eigenvalue weighted by atomic mass is 15.3. The summed E-state index contributed by atoms with van der Waals surface area (Å²) >= 11 is 0. The van der Waals surface area contributed by atoms with E-state index < -0.39 is 0 Å². The van der Waals surface area contributed by atoms with Gasteiger partial charge in [0.1, 0.15) is 0 Å². The molecule has 2 rings (SSSR count). The summed E-state index contributed by atoms with van der Waals surface area (Å²) in [6.07, 6.45) is 8.05. The van der Waals surface area contributed by atoms with Gasteiger partial charge in [-0.25, -0.2) is 0 Å². The fourth-order valence-corrected chi connectivity index (χ4v) is 4.46. The molecule has 0 aromatic heterocycles. The van der Waals surface area contributed by atoms with Crippen LogP contribution in [0, 0.1) is 5.41 Å². The molecule has 2 aliphatic rings. The van der Waals surface area contributed by atoms with Crippen molar-refractivity contribution in [2.75, 3.05) is 34.2 Å². The third-order valence-corrected chi connectivity index (χ3v) is 6.27. The molecule has 2 unspecified atom stereocenters. The van der Waals surface area contributed by atoms with Gasteiger partial charge in [0.2, 0.25) is 0 Å². The first-order valence-corrected chi connectivity index (χ1v) is 8.93. The van der Waals surface area contributed by atoms with Gasteiger partial charge in [-0.15, -0.1) is 0 Å². The molecule has 0 bridgehead atoms. The lowest BCUT2D eigenvalue weighted by atomic mass is 9.75. The van der Waals surface area contributed by atoms with Gasteiger partial charge in [0.15, 0.2) is 0 Å². The molecule has 124 valence electrons. The molecular weight excluding hydrogens is 258 g/mol. The van der Waals surface area contributed by atoms with Gasteiger partial charge in [-0.05, 0) is 71.6 Å². The van der Waals surface area contributed by atoms with Gasteiger partial charge in [0.25, 0.3) is 0 Å². The molecule has 2 fully saturated rings. The van der Waals surface area contributed by atoms with E-state index in [1.807, 2.05) is 0 Å². The first kappa shape index (κ1) is 17.2. The highest BCUT2D eigenvalue weighted by Crippen LogP contribution is 2.42. The van der Waals surface area contributed by atoms with Gasteiger partial charge in [-0.1, -0.05) is 20.8 Å². The molecule has 0 amide bonds. The topological polar surface area (TPSA) is 18.5 Å². The molecule has 2 saturated carbocycles. The Bertz CT molecular complexity index is 333. The molecule has 3 heteroatoms. The number of nitrogens with one attached hydrogen (secondary N) is 1. The van der Waals surface area contributed by atoms with E-state index in [0.29, 0.717) is 23.0 Å². The molecule has 3 nitrogen and oxygen atoms in total. The molecule has 0 aliphatic heterocycles. The zero-order valence-corrected chi connectivity index (χ0v) is 15.2. The quantitative estimate of drug-likeness (QED) is 0.779. The standard InChI is InChI=1S/C18H37N3/c1-7-13-19-16-15(9-12-17(16,2)3)21(6)14-18(20(4)5)10-8-11-18/h15-16,19H,7-14H2,1-6H3. The third-order valence-electron chi connectivity index (χ3n) is 6.27. The van der Waals surface area contributed by atoms with Crippen molar-refractivity contribution < 1.29 is 0 Å². The summed E-state index contributed by atoms with van der Waals surface area (Å²) in [5.74, 6) is 0. The minimum absolute atomic E-state index is 0.430. The second-order valence-electron chi connectivity index (χ2n) is 8.41. The first-order valence-electron chi connectivity index (χ1n) is 8.93. The summed E-state index contributed by atoms with van der Waals surface area (Å²) in [4.78, 5) is 5.14. The maximum Gasteiger partial charge on any atom is 0.0330 e. The van der Waals surface area contributed by atoms with Gasteiger partial charge in [0.05, 0.1) is 0 Å². The Morgan fingerprint density at radius 3 is 2.24 bits per heavy atom. The molecule has 0 heterocycles. The van der Waals surface area contributed by atoms with E-state index >= 15 is 0 Å². The number of nitrogens with zero attached hydrogens (tertiary/aromatic N) is 2. The van der Waals surface area contributed by atoms with Crippen LogP contribution in [-0.2, 0) is 0 Å². The zero-order valence-electron chi connectivity index (χ0n) is 15.2. The average Bonchev–Trinajstić information content (AvgIpc) is 2.66. The van der Waals surface area contributed by atoms with E-state index in [1.165, 1.54) is 45.1 Å². The Balaban J connectivity index is 2.01. The lowest BCUT2D eigenvalue weighted by Gasteiger charge is -2.51. The van der Waals surface area contributed by atoms with Crippen molar-refractivity contribution in [3.05, 3.63) is 0 Å². The van der Waals surface area contributed by atoms with Crippen LogP contribution in [0.2, 0.25) is 0 Å². The van der Waals surface area contributed by atoms with Crippen LogP contribution < -0.4 is 5.32 Å². The van der Waals surface area contributed by atoms with Crippen molar-refractivity contribution in [2.24, 2.45) is 5.41 Å². The van der Waals surface area contributed by atoms with Gasteiger partial charge in [-0.2, -0.15) is 0 Å². The van der Waals surface area contributed by atoms with Crippen LogP contribution in [-0.4, -0.2) is 61.7 Å². The minimum Gasteiger partial charge on any atom is -0.312 e. The van der Waals surface area contributed by atoms with Gasteiger partial charge in [-0.3, -0.25) is 0 Å². The van der Waals surface area contributed by atoms with Crippen molar-refractivity contribution in [2.45, 2.75) is 76.9 Å². The lowest BCUT2D eigenvalue weighted by Crippen LogP contribution is -2.60. The molecule has 0 aromatic rings. The summed E-state index contributed by atoms with van der Waals surface area (Å²) in [6, 6.07) is 1.34. The summed E-state index contributed by atoms with van der Waals surface area (Å²) in [5, 5.41) is 3.85. The summed E-state index contributed by atoms with van der Waals surface area (Å²) in [5.41, 5.74) is 0.871. The van der Waals surface area contributed by atoms with E-state index in [4.69, 9.17) is 0 Å². The van der Waals surface area contributed by atoms with Gasteiger partial charge in [0, 0.05) is 24.2 Å². The minimum atomic E-state index is 0.430. The van der Waals surface area contributed by atoms with Crippen LogP contribution in [0.4, 0.5) is 0 Å². The third kappa shape index (κ3) is 3.46. The monoisotopic (exact) mass is 295 g/mol. The summed E-state index contributed by atoms with van der Waals surface area (Å²) in [6.45, 7) is 9.53. The first-order chi connectivity index (χ1) is 9.82. The van der Waals surface area contributed by atoms with E-state index in [9.17, 15) is 0 Å². The van der Waals surface area contributed by atoms with Crippen LogP contribution in [0.25, 0.3) is 0 Å². The van der Waals surface area contributed by atoms with Crippen LogP contribution in [0.5, 0.6) is 0 Å². The lowest BCUT2D eigenvalue weighted by molar-refractivity contribution is 0.0109. The Labute approximate surface area is 132 Å². The zero-order chi connectivity index (χ0) is 15.7. The molecule has 1 N–H and O–H groups in total. The fourth-order valence-electron chi connectivity index (χ4n) is 4.46. The molecule has 0 saturated heterocycles. The predicted molar refractivity (Wildman–Crippen MR) is 91.8 cm³/mol. The highest BCUT2D eigenvalue weighted by Gasteiger charge is 2.46. The van der Waals surface area contributed by atoms with Crippen molar-refractivity contribution in [3.63, 3.8) is 0 Å². The number of likely N-dealkylation sites (N-methyl/N-ethyl adjacent to an activating group) is 2. The number of hydrogen-bond donors (Lipinski definition) is 1. The molecule has 0 aromatic carbocycles. The Hall–Kier alpha value is -0.120. The van der Waals surface area contributed by atoms with Crippen LogP contribution in [0.3, 0.4) is 0 Å². The van der Waals surface area contributed by atoms with E-state index in [2.05, 4.69) is 57.0 Å². The molecule has 0 spiro atoms. The number of hydrogen-bond acceptors (Lipinski definition) is 3. The Morgan fingerprint density at radius 1 is 1.10 bits per heavy atom. The van der Waals surface area contributed by atoms with E-state index in [0.717, 1.165) is 6.54 Å². The maximum atomic E-state index is 3.85. The highest BCUT2D eigenvalue weighted by molar-refractivity contribution is 5.04. The predicted octanol–water partition coefficient (Wildman–Crippen LogP) is 2.96. The second-order valence-corrected chi connectivity index (χ2v) is 8.41. The summed E-state index contributed by atoms with van der Waals surface area (Å²) in [7, 11) is 6.88. The summed E-state index contributed by atoms with van der Waals surface area (Å²) < 4.78 is 0. The molecule has 0 radical (unpaired) electrons. The SMILES string of the molecule is CCCNC1C(N(C)CC2(N(C)C)CCC2)CCC1(C)C. The van der Waals surface area contributed by atoms with Crippen LogP contribution in [0.1, 0.15) is 59.3 Å². The molecule has 21 heavy (non-hydrogen) atoms. The fraction of sp³-hybridized carbons (Fsp3) is 1.00. The number of rotatable bonds is 7. The van der Waals surface area contributed by atoms with Crippen molar-refractivity contribution >= 4 is 0 Å². The van der Waals surface area contributed by atoms with Gasteiger partial charge < -0.3 is 15.1 Å². The maximum absolute atomic E-state index is 3.85. The van der Waals surface area contributed by atoms with E-state index in [-0.39, 0.29) is 0 Å². The van der Waals surface area contributed by atoms with Crippen molar-refractivity contribution in [1.29, 1.82) is 0 Å². The van der Waals surface area contributed by atoms with Gasteiger partial charge >= 0.3 is 0 Å². The Morgan fingerprint density at radius 2 is 1.76 bits per heavy atom. The Kier molecular flexibility index (Phi) is 5.38. The smallest absolute Gasteiger partial charge is 0.0330 e. The average molecular weight is 296 g/mol.